The molecule has 56 heavy (non-hydrogen) atoms. The standard InChI is InChI=1S/C53H62N2O/c1-35-28-40(33-41(29-35)55-46-25-22-38(50(5,6)7)31-44(46)52(11)26-16-17-27-53(52,55)12)54(47-34-56-48-32-39(51(8,9)10)20-23-42(47)48)45-24-21-37(49(2,3)4)30-43(45)36-18-14-13-15-19-36/h13-15,18-25,28-34H,16-17,26-27H2,1-12H3/t52-,53?/m1/s1. The summed E-state index contributed by atoms with van der Waals surface area (Å²) < 4.78 is 6.53. The lowest BCUT2D eigenvalue weighted by Crippen LogP contribution is -2.54. The van der Waals surface area contributed by atoms with Crippen molar-refractivity contribution in [3.63, 3.8) is 0 Å². The van der Waals surface area contributed by atoms with E-state index in [9.17, 15) is 0 Å². The molecule has 2 atom stereocenters. The fourth-order valence-electron chi connectivity index (χ4n) is 9.72. The highest BCUT2D eigenvalue weighted by atomic mass is 16.3. The first kappa shape index (κ1) is 38.1. The summed E-state index contributed by atoms with van der Waals surface area (Å²) in [5.74, 6) is 0. The number of rotatable bonds is 5. The van der Waals surface area contributed by atoms with Crippen molar-refractivity contribution >= 4 is 39.4 Å². The Balaban J connectivity index is 1.39. The van der Waals surface area contributed by atoms with Gasteiger partial charge in [0.25, 0.3) is 0 Å². The highest BCUT2D eigenvalue weighted by Gasteiger charge is 2.57. The van der Waals surface area contributed by atoms with Gasteiger partial charge < -0.3 is 14.2 Å². The Bertz CT molecular complexity index is 2430. The van der Waals surface area contributed by atoms with Gasteiger partial charge in [-0.05, 0) is 125 Å². The number of fused-ring (bicyclic) bond motifs is 4. The minimum absolute atomic E-state index is 0.00677. The van der Waals surface area contributed by atoms with Crippen LogP contribution in [0.15, 0.2) is 114 Å². The van der Waals surface area contributed by atoms with Crippen LogP contribution in [0.4, 0.5) is 28.4 Å². The third-order valence-corrected chi connectivity index (χ3v) is 13.4. The Labute approximate surface area is 336 Å². The smallest absolute Gasteiger partial charge is 0.136 e. The van der Waals surface area contributed by atoms with E-state index in [4.69, 9.17) is 4.42 Å². The zero-order valence-corrected chi connectivity index (χ0v) is 36.0. The molecule has 5 aromatic carbocycles. The summed E-state index contributed by atoms with van der Waals surface area (Å²) in [6, 6.07) is 39.3. The Kier molecular flexibility index (Phi) is 8.95. The first-order valence-corrected chi connectivity index (χ1v) is 20.9. The molecular formula is C53H62N2O. The quantitative estimate of drug-likeness (QED) is 0.175. The normalized spacial score (nSPS) is 20.0. The molecule has 2 aliphatic rings. The number of nitrogens with zero attached hydrogens (tertiary/aromatic N) is 2. The molecule has 1 fully saturated rings. The van der Waals surface area contributed by atoms with Gasteiger partial charge in [-0.15, -0.1) is 0 Å². The van der Waals surface area contributed by atoms with Crippen LogP contribution in [0.3, 0.4) is 0 Å². The monoisotopic (exact) mass is 742 g/mol. The Hall–Kier alpha value is -4.76. The number of furan rings is 1. The molecule has 1 aromatic heterocycles. The summed E-state index contributed by atoms with van der Waals surface area (Å²) >= 11 is 0. The van der Waals surface area contributed by atoms with Crippen LogP contribution in [0, 0.1) is 6.92 Å². The molecule has 3 nitrogen and oxygen atoms in total. The summed E-state index contributed by atoms with van der Waals surface area (Å²) in [5, 5.41) is 1.10. The fourth-order valence-corrected chi connectivity index (χ4v) is 9.72. The van der Waals surface area contributed by atoms with E-state index in [0.717, 1.165) is 34.5 Å². The zero-order chi connectivity index (χ0) is 40.0. The summed E-state index contributed by atoms with van der Waals surface area (Å²) in [4.78, 5) is 5.20. The lowest BCUT2D eigenvalue weighted by atomic mass is 9.61. The van der Waals surface area contributed by atoms with Gasteiger partial charge in [-0.1, -0.05) is 137 Å². The van der Waals surface area contributed by atoms with Crippen molar-refractivity contribution in [3.8, 4) is 11.1 Å². The van der Waals surface area contributed by atoms with Crippen LogP contribution < -0.4 is 9.80 Å². The first-order chi connectivity index (χ1) is 26.3. The summed E-state index contributed by atoms with van der Waals surface area (Å²) in [6.07, 6.45) is 6.84. The predicted molar refractivity (Wildman–Crippen MR) is 240 cm³/mol. The van der Waals surface area contributed by atoms with Crippen molar-refractivity contribution in [2.75, 3.05) is 9.80 Å². The Morgan fingerprint density at radius 2 is 1.25 bits per heavy atom. The second-order valence-electron chi connectivity index (χ2n) is 20.4. The second kappa shape index (κ2) is 13.2. The van der Waals surface area contributed by atoms with Gasteiger partial charge in [0, 0.05) is 33.4 Å². The van der Waals surface area contributed by atoms with Crippen molar-refractivity contribution in [1.82, 2.24) is 0 Å². The molecule has 3 heteroatoms. The molecule has 0 N–H and O–H groups in total. The molecular weight excluding hydrogens is 681 g/mol. The summed E-state index contributed by atoms with van der Waals surface area (Å²) in [7, 11) is 0. The molecule has 0 radical (unpaired) electrons. The van der Waals surface area contributed by atoms with E-state index in [2.05, 4.69) is 196 Å². The number of hydrogen-bond donors (Lipinski definition) is 0. The molecule has 0 saturated heterocycles. The van der Waals surface area contributed by atoms with Crippen LogP contribution in [0.2, 0.25) is 0 Å². The highest BCUT2D eigenvalue weighted by Crippen LogP contribution is 2.61. The van der Waals surface area contributed by atoms with Crippen molar-refractivity contribution in [2.45, 2.75) is 136 Å². The molecule has 1 unspecified atom stereocenters. The number of aryl methyl sites for hydroxylation is 1. The highest BCUT2D eigenvalue weighted by molar-refractivity contribution is 6.00. The van der Waals surface area contributed by atoms with E-state index in [0.29, 0.717) is 0 Å². The van der Waals surface area contributed by atoms with Crippen LogP contribution in [0.5, 0.6) is 0 Å². The topological polar surface area (TPSA) is 19.6 Å². The first-order valence-electron chi connectivity index (χ1n) is 20.9. The van der Waals surface area contributed by atoms with Crippen LogP contribution >= 0.6 is 0 Å². The average molecular weight is 743 g/mol. The third kappa shape index (κ3) is 6.27. The van der Waals surface area contributed by atoms with Gasteiger partial charge in [-0.3, -0.25) is 0 Å². The summed E-state index contributed by atoms with van der Waals surface area (Å²) in [5.41, 5.74) is 16.0. The van der Waals surface area contributed by atoms with E-state index in [-0.39, 0.29) is 27.2 Å². The summed E-state index contributed by atoms with van der Waals surface area (Å²) in [6.45, 7) is 28.1. The molecule has 1 saturated carbocycles. The number of hydrogen-bond acceptors (Lipinski definition) is 3. The van der Waals surface area contributed by atoms with E-state index >= 15 is 0 Å². The molecule has 0 spiro atoms. The molecule has 0 bridgehead atoms. The predicted octanol–water partition coefficient (Wildman–Crippen LogP) is 15.5. The van der Waals surface area contributed by atoms with Gasteiger partial charge in [0.15, 0.2) is 0 Å². The van der Waals surface area contributed by atoms with Crippen molar-refractivity contribution in [1.29, 1.82) is 0 Å². The lowest BCUT2D eigenvalue weighted by molar-refractivity contribution is 0.195. The average Bonchev–Trinajstić information content (AvgIpc) is 3.64. The third-order valence-electron chi connectivity index (χ3n) is 13.4. The lowest BCUT2D eigenvalue weighted by Gasteiger charge is -2.50. The van der Waals surface area contributed by atoms with Gasteiger partial charge in [0.2, 0.25) is 0 Å². The van der Waals surface area contributed by atoms with Crippen LogP contribution in [0.25, 0.3) is 22.1 Å². The van der Waals surface area contributed by atoms with Crippen LogP contribution in [-0.2, 0) is 21.7 Å². The molecule has 0 amide bonds. The van der Waals surface area contributed by atoms with Gasteiger partial charge >= 0.3 is 0 Å². The number of benzene rings is 5. The maximum atomic E-state index is 6.53. The van der Waals surface area contributed by atoms with Gasteiger partial charge in [-0.25, -0.2) is 0 Å². The Morgan fingerprint density at radius 1 is 0.625 bits per heavy atom. The van der Waals surface area contributed by atoms with Crippen molar-refractivity contribution in [2.24, 2.45) is 0 Å². The fraction of sp³-hybridized carbons (Fsp3) is 0.396. The van der Waals surface area contributed by atoms with E-state index in [1.165, 1.54) is 69.6 Å². The molecule has 1 aliphatic carbocycles. The molecule has 6 aromatic rings. The second-order valence-corrected chi connectivity index (χ2v) is 20.4. The van der Waals surface area contributed by atoms with E-state index in [1.54, 1.807) is 0 Å². The van der Waals surface area contributed by atoms with Crippen LogP contribution in [0.1, 0.15) is 130 Å². The van der Waals surface area contributed by atoms with E-state index in [1.807, 2.05) is 6.26 Å². The number of anilines is 5. The molecule has 8 rings (SSSR count). The zero-order valence-electron chi connectivity index (χ0n) is 36.0. The molecule has 1 aliphatic heterocycles. The maximum absolute atomic E-state index is 6.53. The van der Waals surface area contributed by atoms with Crippen molar-refractivity contribution in [3.05, 3.63) is 137 Å². The van der Waals surface area contributed by atoms with Gasteiger partial charge in [-0.2, -0.15) is 0 Å². The van der Waals surface area contributed by atoms with Crippen molar-refractivity contribution < 1.29 is 4.42 Å². The minimum atomic E-state index is -0.0603. The van der Waals surface area contributed by atoms with Gasteiger partial charge in [0.1, 0.15) is 11.8 Å². The molecule has 290 valence electrons. The SMILES string of the molecule is Cc1cc(N(c2ccc(C(C)(C)C)cc2-c2ccccc2)c2coc3cc(C(C)(C)C)ccc23)cc(N2c3ccc(C(C)(C)C)cc3[C@@]3(C)CCCCC23C)c1. The molecule has 2 heterocycles. The van der Waals surface area contributed by atoms with E-state index < -0.39 is 0 Å². The maximum Gasteiger partial charge on any atom is 0.136 e. The van der Waals surface area contributed by atoms with Gasteiger partial charge in [0.05, 0.1) is 16.9 Å². The van der Waals surface area contributed by atoms with Crippen LogP contribution in [-0.4, -0.2) is 5.54 Å². The largest absolute Gasteiger partial charge is 0.462 e. The Morgan fingerprint density at radius 3 is 1.95 bits per heavy atom. The minimum Gasteiger partial charge on any atom is -0.462 e.